The summed E-state index contributed by atoms with van der Waals surface area (Å²) in [6, 6.07) is -0.112. The number of amides is 2. The summed E-state index contributed by atoms with van der Waals surface area (Å²) in [5.74, 6) is 2.29. The predicted octanol–water partition coefficient (Wildman–Crippen LogP) is 3.34. The Morgan fingerprint density at radius 3 is 2.63 bits per heavy atom. The molecule has 2 fully saturated rings. The molecule has 164 valence electrons. The van der Waals surface area contributed by atoms with Crippen molar-refractivity contribution in [2.24, 2.45) is 5.92 Å². The van der Waals surface area contributed by atoms with Gasteiger partial charge in [0.25, 0.3) is 0 Å². The number of rotatable bonds is 6. The highest BCUT2D eigenvalue weighted by atomic mass is 16.5. The number of piperidine rings is 1. The van der Waals surface area contributed by atoms with Crippen LogP contribution in [0.5, 0.6) is 0 Å². The predicted molar refractivity (Wildman–Crippen MR) is 114 cm³/mol. The molecule has 1 aromatic heterocycles. The van der Waals surface area contributed by atoms with Gasteiger partial charge in [0.05, 0.1) is 25.5 Å². The van der Waals surface area contributed by atoms with Gasteiger partial charge in [0.1, 0.15) is 5.82 Å². The van der Waals surface area contributed by atoms with E-state index in [9.17, 15) is 9.59 Å². The summed E-state index contributed by atoms with van der Waals surface area (Å²) in [5.41, 5.74) is 1.84. The van der Waals surface area contributed by atoms with Gasteiger partial charge in [-0.15, -0.1) is 0 Å². The molecule has 0 N–H and O–H groups in total. The Morgan fingerprint density at radius 2 is 1.87 bits per heavy atom. The quantitative estimate of drug-likeness (QED) is 0.714. The molecular formula is C23H34N4O3. The molecule has 2 aliphatic heterocycles. The number of hydrogen-bond acceptors (Lipinski definition) is 5. The largest absolute Gasteiger partial charge is 0.384 e. The molecular weight excluding hydrogens is 380 g/mol. The first-order valence-electron chi connectivity index (χ1n) is 11.5. The Labute approximate surface area is 179 Å². The zero-order chi connectivity index (χ0) is 21.1. The average molecular weight is 415 g/mol. The first-order chi connectivity index (χ1) is 14.6. The van der Waals surface area contributed by atoms with Crippen molar-refractivity contribution in [2.45, 2.75) is 77.2 Å². The molecule has 4 rings (SSSR count). The lowest BCUT2D eigenvalue weighted by molar-refractivity contribution is -0.136. The summed E-state index contributed by atoms with van der Waals surface area (Å²) >= 11 is 0. The second kappa shape index (κ2) is 9.41. The topological polar surface area (TPSA) is 75.6 Å². The van der Waals surface area contributed by atoms with Gasteiger partial charge in [-0.1, -0.05) is 19.3 Å². The van der Waals surface area contributed by atoms with Gasteiger partial charge >= 0.3 is 0 Å². The van der Waals surface area contributed by atoms with Crippen LogP contribution in [0.2, 0.25) is 0 Å². The second-order valence-corrected chi connectivity index (χ2v) is 9.00. The van der Waals surface area contributed by atoms with Gasteiger partial charge in [-0.3, -0.25) is 14.5 Å². The molecule has 30 heavy (non-hydrogen) atoms. The zero-order valence-corrected chi connectivity index (χ0v) is 18.4. The van der Waals surface area contributed by atoms with Gasteiger partial charge in [-0.25, -0.2) is 9.97 Å². The number of aryl methyl sites for hydroxylation is 1. The van der Waals surface area contributed by atoms with Crippen molar-refractivity contribution < 1.29 is 14.3 Å². The number of ether oxygens (including phenoxy) is 1. The lowest BCUT2D eigenvalue weighted by atomic mass is 9.89. The maximum Gasteiger partial charge on any atom is 0.232 e. The van der Waals surface area contributed by atoms with Gasteiger partial charge in [0, 0.05) is 31.5 Å². The normalized spacial score (nSPS) is 22.5. The van der Waals surface area contributed by atoms with Crippen molar-refractivity contribution in [3.05, 3.63) is 17.1 Å². The molecule has 0 bridgehead atoms. The molecule has 0 aromatic carbocycles. The van der Waals surface area contributed by atoms with Gasteiger partial charge < -0.3 is 9.64 Å². The van der Waals surface area contributed by atoms with E-state index in [0.29, 0.717) is 31.2 Å². The molecule has 3 heterocycles. The van der Waals surface area contributed by atoms with Crippen molar-refractivity contribution in [3.63, 3.8) is 0 Å². The Morgan fingerprint density at radius 1 is 1.10 bits per heavy atom. The number of carbonyl (C=O) groups is 2. The average Bonchev–Trinajstić information content (AvgIpc) is 3.08. The Kier molecular flexibility index (Phi) is 6.66. The third-order valence-corrected chi connectivity index (χ3v) is 6.90. The molecule has 2 amide bonds. The van der Waals surface area contributed by atoms with Crippen LogP contribution in [0, 0.1) is 12.8 Å². The number of anilines is 1. The number of hydrogen-bond donors (Lipinski definition) is 0. The molecule has 1 atom stereocenters. The maximum absolute atomic E-state index is 12.8. The molecule has 1 saturated heterocycles. The van der Waals surface area contributed by atoms with Crippen LogP contribution in [-0.2, 0) is 20.7 Å². The number of nitrogens with zero attached hydrogens (tertiary/aromatic N) is 4. The van der Waals surface area contributed by atoms with Crippen LogP contribution in [0.15, 0.2) is 0 Å². The SMILES string of the molecule is COCCC(=O)N1CCCC[C@@H]1c1nc(C)c2c(n1)N(CC1CCCCC1)C(=O)C2. The minimum absolute atomic E-state index is 0.0958. The minimum atomic E-state index is -0.112. The monoisotopic (exact) mass is 414 g/mol. The zero-order valence-electron chi connectivity index (χ0n) is 18.4. The van der Waals surface area contributed by atoms with E-state index in [-0.39, 0.29) is 17.9 Å². The van der Waals surface area contributed by atoms with E-state index in [4.69, 9.17) is 14.7 Å². The van der Waals surface area contributed by atoms with E-state index in [1.165, 1.54) is 32.1 Å². The van der Waals surface area contributed by atoms with Crippen molar-refractivity contribution in [1.82, 2.24) is 14.9 Å². The summed E-state index contributed by atoms with van der Waals surface area (Å²) in [6.45, 7) is 3.90. The highest BCUT2D eigenvalue weighted by Gasteiger charge is 2.36. The van der Waals surface area contributed by atoms with Crippen LogP contribution in [0.4, 0.5) is 5.82 Å². The summed E-state index contributed by atoms with van der Waals surface area (Å²) in [5, 5.41) is 0. The fraction of sp³-hybridized carbons (Fsp3) is 0.739. The lowest BCUT2D eigenvalue weighted by Gasteiger charge is -2.35. The molecule has 7 heteroatoms. The maximum atomic E-state index is 12.8. The van der Waals surface area contributed by atoms with E-state index >= 15 is 0 Å². The van der Waals surface area contributed by atoms with Crippen molar-refractivity contribution in [3.8, 4) is 0 Å². The molecule has 3 aliphatic rings. The van der Waals surface area contributed by atoms with Crippen molar-refractivity contribution in [2.75, 3.05) is 31.7 Å². The molecule has 1 saturated carbocycles. The highest BCUT2D eigenvalue weighted by molar-refractivity contribution is 6.00. The standard InChI is InChI=1S/C23H34N4O3/c1-16-18-14-21(29)27(15-17-8-4-3-5-9-17)23(18)25-22(24-16)19-10-6-7-12-26(19)20(28)11-13-30-2/h17,19H,3-15H2,1-2H3/t19-/m1/s1. The van der Waals surface area contributed by atoms with Crippen molar-refractivity contribution >= 4 is 17.6 Å². The number of methoxy groups -OCH3 is 1. The van der Waals surface area contributed by atoms with Crippen molar-refractivity contribution in [1.29, 1.82) is 0 Å². The van der Waals surface area contributed by atoms with Crippen LogP contribution in [0.25, 0.3) is 0 Å². The van der Waals surface area contributed by atoms with E-state index < -0.39 is 0 Å². The molecule has 1 aliphatic carbocycles. The summed E-state index contributed by atoms with van der Waals surface area (Å²) in [7, 11) is 1.62. The number of likely N-dealkylation sites (tertiary alicyclic amines) is 1. The lowest BCUT2D eigenvalue weighted by Crippen LogP contribution is -2.40. The fourth-order valence-corrected chi connectivity index (χ4v) is 5.19. The number of fused-ring (bicyclic) bond motifs is 1. The highest BCUT2D eigenvalue weighted by Crippen LogP contribution is 2.36. The minimum Gasteiger partial charge on any atom is -0.384 e. The van der Waals surface area contributed by atoms with E-state index in [2.05, 4.69) is 0 Å². The number of aromatic nitrogens is 2. The molecule has 7 nitrogen and oxygen atoms in total. The Hall–Kier alpha value is -2.02. The van der Waals surface area contributed by atoms with Crippen LogP contribution in [-0.4, -0.2) is 53.5 Å². The third kappa shape index (κ3) is 4.36. The number of carbonyl (C=O) groups excluding carboxylic acids is 2. The smallest absolute Gasteiger partial charge is 0.232 e. The Balaban J connectivity index is 1.59. The van der Waals surface area contributed by atoms with Crippen LogP contribution >= 0.6 is 0 Å². The van der Waals surface area contributed by atoms with E-state index in [1.54, 1.807) is 7.11 Å². The fourth-order valence-electron chi connectivity index (χ4n) is 5.19. The first-order valence-corrected chi connectivity index (χ1v) is 11.5. The molecule has 0 radical (unpaired) electrons. The molecule has 0 unspecified atom stereocenters. The summed E-state index contributed by atoms with van der Waals surface area (Å²) < 4.78 is 5.10. The Bertz CT molecular complexity index is 791. The second-order valence-electron chi connectivity index (χ2n) is 9.00. The summed E-state index contributed by atoms with van der Waals surface area (Å²) in [4.78, 5) is 39.1. The third-order valence-electron chi connectivity index (χ3n) is 6.90. The van der Waals surface area contributed by atoms with Crippen LogP contribution < -0.4 is 4.90 Å². The van der Waals surface area contributed by atoms with Gasteiger partial charge in [0.15, 0.2) is 5.82 Å². The van der Waals surface area contributed by atoms with Crippen LogP contribution in [0.1, 0.15) is 80.9 Å². The summed E-state index contributed by atoms with van der Waals surface area (Å²) in [6.07, 6.45) is 9.92. The van der Waals surface area contributed by atoms with Gasteiger partial charge in [0.2, 0.25) is 11.8 Å². The molecule has 1 aromatic rings. The van der Waals surface area contributed by atoms with Gasteiger partial charge in [-0.05, 0) is 44.9 Å². The van der Waals surface area contributed by atoms with Gasteiger partial charge in [-0.2, -0.15) is 0 Å². The van der Waals surface area contributed by atoms with E-state index in [1.807, 2.05) is 16.7 Å². The van der Waals surface area contributed by atoms with Crippen LogP contribution in [0.3, 0.4) is 0 Å². The first kappa shape index (κ1) is 21.2. The molecule has 0 spiro atoms. The van der Waals surface area contributed by atoms with E-state index in [0.717, 1.165) is 49.4 Å².